The fourth-order valence-corrected chi connectivity index (χ4v) is 6.79. The number of methoxy groups -OCH3 is 1. The summed E-state index contributed by atoms with van der Waals surface area (Å²) in [6, 6.07) is 0. The fourth-order valence-electron chi connectivity index (χ4n) is 3.22. The molecule has 0 amide bonds. The molecule has 2 atom stereocenters. The molecule has 1 radical (unpaired) electrons. The Morgan fingerprint density at radius 1 is 1.14 bits per heavy atom. The van der Waals surface area contributed by atoms with Crippen molar-refractivity contribution in [3.8, 4) is 0 Å². The number of ether oxygens (including phenoxy) is 1. The molecule has 0 saturated heterocycles. The minimum absolute atomic E-state index is 0. The van der Waals surface area contributed by atoms with Gasteiger partial charge < -0.3 is 35.1 Å². The van der Waals surface area contributed by atoms with E-state index >= 15 is 0 Å². The van der Waals surface area contributed by atoms with Crippen molar-refractivity contribution in [1.82, 2.24) is 4.90 Å². The van der Waals surface area contributed by atoms with Crippen molar-refractivity contribution in [2.24, 2.45) is 0 Å². The summed E-state index contributed by atoms with van der Waals surface area (Å²) < 4.78 is 4.12. The van der Waals surface area contributed by atoms with Crippen LogP contribution in [0.4, 0.5) is 0 Å². The van der Waals surface area contributed by atoms with Gasteiger partial charge in [0.15, 0.2) is 0 Å². The first-order valence-corrected chi connectivity index (χ1v) is 13.8. The Kier molecular flexibility index (Phi) is 26.8. The Morgan fingerprint density at radius 2 is 1.57 bits per heavy atom. The van der Waals surface area contributed by atoms with Gasteiger partial charge in [0.1, 0.15) is 6.10 Å². The van der Waals surface area contributed by atoms with E-state index in [0.717, 1.165) is 25.3 Å². The van der Waals surface area contributed by atoms with Crippen LogP contribution in [-0.2, 0) is 33.8 Å². The van der Waals surface area contributed by atoms with Crippen molar-refractivity contribution in [1.29, 1.82) is 0 Å². The molecular formula is C27H55N2O6PRu+2. The molecule has 0 aliphatic carbocycles. The first-order chi connectivity index (χ1) is 16.5. The van der Waals surface area contributed by atoms with Gasteiger partial charge in [-0.1, -0.05) is 32.1 Å². The molecule has 0 aromatic heterocycles. The van der Waals surface area contributed by atoms with Crippen molar-refractivity contribution < 1.29 is 50.6 Å². The monoisotopic (exact) mass is 636 g/mol. The second-order valence-corrected chi connectivity index (χ2v) is 14.4. The average molecular weight is 636 g/mol. The van der Waals surface area contributed by atoms with Gasteiger partial charge in [0.25, 0.3) is 0 Å². The standard InChI is InChI=1S/C19H34N2P.C4H8O3.C3H8O2.CHO.Ru.H2.H/c1-9-21(10-2)14-16-12-11-13-17(20-16)15-22(18(3,4)5)19(6,7)8;1-3(5)4(6)7-2;1-3(5)2-4;1-2;;;/h11-13,15H,9-10,14H2,1-8H3;3,5H,1-2H3;3-5H,2H2,1H3;1H;;1H;/q-1;;;-1;+3;;/p+1/t;2*3-;;;;/m.11..../s1. The maximum absolute atomic E-state index is 10.0. The number of esters is 1. The first kappa shape index (κ1) is 43.1. The van der Waals surface area contributed by atoms with Gasteiger partial charge >= 0.3 is 25.4 Å². The maximum atomic E-state index is 10.0. The molecule has 1 heterocycles. The van der Waals surface area contributed by atoms with E-state index in [2.05, 4.69) is 95.9 Å². The van der Waals surface area contributed by atoms with E-state index in [9.17, 15) is 4.79 Å². The molecule has 10 heteroatoms. The van der Waals surface area contributed by atoms with Gasteiger partial charge in [-0.3, -0.25) is 6.79 Å². The normalized spacial score (nSPS) is 15.4. The molecule has 220 valence electrons. The number of hydrogen-bond donors (Lipinski definition) is 3. The molecule has 8 nitrogen and oxygen atoms in total. The predicted octanol–water partition coefficient (Wildman–Crippen LogP) is 4.41. The average Bonchev–Trinajstić information content (AvgIpc) is 2.81. The van der Waals surface area contributed by atoms with Crippen molar-refractivity contribution in [2.45, 2.75) is 91.8 Å². The topological polar surface area (TPSA) is 121 Å². The zero-order chi connectivity index (χ0) is 29.1. The van der Waals surface area contributed by atoms with E-state index in [-0.39, 0.29) is 27.5 Å². The Labute approximate surface area is 241 Å². The van der Waals surface area contributed by atoms with Crippen LogP contribution in [0.2, 0.25) is 0 Å². The van der Waals surface area contributed by atoms with E-state index in [1.165, 1.54) is 26.7 Å². The SMILES string of the molecule is CCN(CC)CC1=CC=CC(=C[PH+](C(C)(C)C)C(C)(C)C)[N-]1.COC(=O)[C@@H](C)O.C[C@@H](O)CO.[CH-]=O.[HH].[RuH+3]. The second kappa shape index (κ2) is 23.0. The molecule has 0 aromatic rings. The van der Waals surface area contributed by atoms with Crippen molar-refractivity contribution >= 4 is 20.7 Å². The summed E-state index contributed by atoms with van der Waals surface area (Å²) in [6.07, 6.45) is 4.91. The summed E-state index contributed by atoms with van der Waals surface area (Å²) in [7, 11) is 0.547. The number of carbonyl (C=O) groups excluding carboxylic acids is 2. The molecule has 1 aliphatic heterocycles. The van der Waals surface area contributed by atoms with Crippen LogP contribution in [0, 0.1) is 0 Å². The summed E-state index contributed by atoms with van der Waals surface area (Å²) in [6.45, 7) is 27.7. The van der Waals surface area contributed by atoms with Crippen molar-refractivity contribution in [2.75, 3.05) is 33.4 Å². The summed E-state index contributed by atoms with van der Waals surface area (Å²) in [4.78, 5) is 20.2. The number of aliphatic hydroxyl groups is 3. The van der Waals surface area contributed by atoms with Crippen molar-refractivity contribution in [3.63, 3.8) is 0 Å². The molecule has 0 fully saturated rings. The number of nitrogens with zero attached hydrogens (tertiary/aromatic N) is 2. The molecule has 1 aliphatic rings. The Morgan fingerprint density at radius 3 is 1.84 bits per heavy atom. The molecule has 37 heavy (non-hydrogen) atoms. The first-order valence-electron chi connectivity index (χ1n) is 12.2. The number of carbonyl (C=O) groups is 1. The molecule has 0 bridgehead atoms. The molecule has 0 unspecified atom stereocenters. The van der Waals surface area contributed by atoms with Crippen LogP contribution >= 0.6 is 7.92 Å². The van der Waals surface area contributed by atoms with Crippen LogP contribution in [-0.4, -0.2) is 88.8 Å². The second-order valence-electron chi connectivity index (χ2n) is 10.3. The van der Waals surface area contributed by atoms with E-state index < -0.39 is 26.1 Å². The van der Waals surface area contributed by atoms with E-state index in [0.29, 0.717) is 10.3 Å². The summed E-state index contributed by atoms with van der Waals surface area (Å²) in [5, 5.41) is 29.9. The molecule has 0 saturated carbocycles. The van der Waals surface area contributed by atoms with Crippen LogP contribution in [0.25, 0.3) is 5.32 Å². The Bertz CT molecular complexity index is 672. The third-order valence-electron chi connectivity index (χ3n) is 4.82. The summed E-state index contributed by atoms with van der Waals surface area (Å²) in [5.74, 6) is 1.87. The quantitative estimate of drug-likeness (QED) is 0.125. The third kappa shape index (κ3) is 22.7. The van der Waals surface area contributed by atoms with Gasteiger partial charge in [0.2, 0.25) is 0 Å². The molecule has 0 aromatic carbocycles. The molecule has 3 N–H and O–H groups in total. The van der Waals surface area contributed by atoms with E-state index in [4.69, 9.17) is 25.4 Å². The number of hydrogen-bond acceptors (Lipinski definition) is 7. The van der Waals surface area contributed by atoms with Gasteiger partial charge in [0, 0.05) is 21.7 Å². The summed E-state index contributed by atoms with van der Waals surface area (Å²) >= 11 is 0. The van der Waals surface area contributed by atoms with Crippen molar-refractivity contribution in [3.05, 3.63) is 40.8 Å². The minimum atomic E-state index is -0.995. The number of rotatable bonds is 7. The molecule has 1 rings (SSSR count). The number of aliphatic hydroxyl groups excluding tert-OH is 3. The zero-order valence-corrected chi connectivity index (χ0v) is 27.6. The summed E-state index contributed by atoms with van der Waals surface area (Å²) in [5.41, 5.74) is 2.34. The predicted molar refractivity (Wildman–Crippen MR) is 157 cm³/mol. The van der Waals surface area contributed by atoms with Gasteiger partial charge in [-0.2, -0.15) is 0 Å². The van der Waals surface area contributed by atoms with Gasteiger partial charge in [0.05, 0.1) is 30.1 Å². The van der Waals surface area contributed by atoms with E-state index in [1.54, 1.807) is 0 Å². The molecular weight excluding hydrogens is 580 g/mol. The number of likely N-dealkylation sites (N-methyl/N-ethyl adjacent to an activating group) is 1. The third-order valence-corrected chi connectivity index (χ3v) is 8.64. The Balaban J connectivity index is -0.000000189. The fraction of sp³-hybridized carbons (Fsp3) is 0.704. The Hall–Kier alpha value is -0.947. The van der Waals surface area contributed by atoms with Crippen LogP contribution in [0.1, 0.15) is 70.7 Å². The van der Waals surface area contributed by atoms with Crippen LogP contribution in [0.15, 0.2) is 35.4 Å². The van der Waals surface area contributed by atoms with E-state index in [1.807, 2.05) is 0 Å². The van der Waals surface area contributed by atoms with Crippen LogP contribution in [0.5, 0.6) is 0 Å². The van der Waals surface area contributed by atoms with Gasteiger partial charge in [-0.15, -0.1) is 11.4 Å². The zero-order valence-electron chi connectivity index (χ0n) is 24.7. The van der Waals surface area contributed by atoms with Gasteiger partial charge in [-0.25, -0.2) is 4.79 Å². The number of allylic oxidation sites excluding steroid dienone is 3. The van der Waals surface area contributed by atoms with Gasteiger partial charge in [-0.05, 0) is 68.5 Å². The van der Waals surface area contributed by atoms with Crippen LogP contribution in [0.3, 0.4) is 0 Å². The van der Waals surface area contributed by atoms with Crippen LogP contribution < -0.4 is 0 Å². The molecule has 0 spiro atoms.